The van der Waals surface area contributed by atoms with Crippen molar-refractivity contribution >= 4 is 10.8 Å². The normalized spacial score (nSPS) is 16.7. The minimum absolute atomic E-state index is 0.0979. The van der Waals surface area contributed by atoms with Gasteiger partial charge in [-0.1, -0.05) is 69.2 Å². The van der Waals surface area contributed by atoms with E-state index in [1.807, 2.05) is 6.07 Å². The molecule has 4 aromatic carbocycles. The van der Waals surface area contributed by atoms with Crippen molar-refractivity contribution in [3.63, 3.8) is 0 Å². The highest BCUT2D eigenvalue weighted by Crippen LogP contribution is 2.62. The Bertz CT molecular complexity index is 1500. The summed E-state index contributed by atoms with van der Waals surface area (Å²) in [5.41, 5.74) is 8.07. The largest absolute Gasteiger partial charge is 0.507 e. The summed E-state index contributed by atoms with van der Waals surface area (Å²) in [7, 11) is 3.32. The number of methoxy groups -OCH3 is 2. The summed E-state index contributed by atoms with van der Waals surface area (Å²) in [5.74, 6) is 1.64. The van der Waals surface area contributed by atoms with Crippen LogP contribution in [0.5, 0.6) is 17.2 Å². The van der Waals surface area contributed by atoms with Crippen molar-refractivity contribution in [2.45, 2.75) is 70.6 Å². The SMILES string of the molecule is CCCC1(CCC)CCC2(CC1)c1cc(-c3ccccc3)ccc1-c1c2cc(O)c2cc(OC)c(OC)cc12. The van der Waals surface area contributed by atoms with E-state index in [0.29, 0.717) is 22.7 Å². The van der Waals surface area contributed by atoms with Gasteiger partial charge < -0.3 is 14.6 Å². The summed E-state index contributed by atoms with van der Waals surface area (Å²) < 4.78 is 11.3. The maximum atomic E-state index is 11.4. The van der Waals surface area contributed by atoms with Crippen LogP contribution in [0.1, 0.15) is 76.3 Å². The number of benzene rings is 4. The van der Waals surface area contributed by atoms with E-state index in [1.165, 1.54) is 71.9 Å². The molecule has 2 aliphatic rings. The van der Waals surface area contributed by atoms with Crippen LogP contribution in [0, 0.1) is 5.41 Å². The third-order valence-corrected chi connectivity index (χ3v) is 9.77. The molecule has 0 bridgehead atoms. The Balaban J connectivity index is 1.60. The van der Waals surface area contributed by atoms with Crippen LogP contribution in [-0.4, -0.2) is 19.3 Å². The summed E-state index contributed by atoms with van der Waals surface area (Å²) in [4.78, 5) is 0. The standard InChI is InChI=1S/C36H40O3/c1-5-14-35(15-6-2)16-18-36(19-17-35)29-20-25(24-10-8-7-9-11-24)12-13-26(29)34-28-22-33(39-4)32(38-3)21-27(28)31(37)23-30(34)36/h7-13,20-23,37H,5-6,14-19H2,1-4H3. The maximum absolute atomic E-state index is 11.4. The second-order valence-corrected chi connectivity index (χ2v) is 11.8. The van der Waals surface area contributed by atoms with Crippen molar-refractivity contribution in [2.75, 3.05) is 14.2 Å². The van der Waals surface area contributed by atoms with Crippen LogP contribution in [0.25, 0.3) is 33.0 Å². The molecule has 0 atom stereocenters. The summed E-state index contributed by atoms with van der Waals surface area (Å²) >= 11 is 0. The number of phenolic OH excluding ortho intramolecular Hbond substituents is 1. The van der Waals surface area contributed by atoms with Crippen LogP contribution >= 0.6 is 0 Å². The number of fused-ring (bicyclic) bond motifs is 7. The summed E-state index contributed by atoms with van der Waals surface area (Å²) in [6.07, 6.45) is 9.78. The van der Waals surface area contributed by atoms with Crippen molar-refractivity contribution in [3.05, 3.63) is 77.9 Å². The lowest BCUT2D eigenvalue weighted by atomic mass is 9.58. The predicted octanol–water partition coefficient (Wildman–Crippen LogP) is 9.66. The van der Waals surface area contributed by atoms with Crippen LogP contribution in [0.4, 0.5) is 0 Å². The molecule has 6 rings (SSSR count). The number of hydrogen-bond acceptors (Lipinski definition) is 3. The first kappa shape index (κ1) is 25.8. The minimum atomic E-state index is -0.0979. The topological polar surface area (TPSA) is 38.7 Å². The maximum Gasteiger partial charge on any atom is 0.161 e. The first-order chi connectivity index (χ1) is 19.0. The third kappa shape index (κ3) is 4.01. The monoisotopic (exact) mass is 520 g/mol. The highest BCUT2D eigenvalue weighted by molar-refractivity contribution is 6.06. The fraction of sp³-hybridized carbons (Fsp3) is 0.389. The molecule has 1 fully saturated rings. The number of hydrogen-bond donors (Lipinski definition) is 1. The molecule has 0 aliphatic heterocycles. The Morgan fingerprint density at radius 3 is 1.95 bits per heavy atom. The van der Waals surface area contributed by atoms with E-state index < -0.39 is 0 Å². The van der Waals surface area contributed by atoms with Crippen LogP contribution < -0.4 is 9.47 Å². The molecule has 0 aromatic heterocycles. The first-order valence-corrected chi connectivity index (χ1v) is 14.6. The fourth-order valence-corrected chi connectivity index (χ4v) is 7.94. The Morgan fingerprint density at radius 1 is 0.692 bits per heavy atom. The van der Waals surface area contributed by atoms with E-state index in [-0.39, 0.29) is 5.41 Å². The predicted molar refractivity (Wildman–Crippen MR) is 161 cm³/mol. The van der Waals surface area contributed by atoms with Gasteiger partial charge in [0.15, 0.2) is 11.5 Å². The molecule has 3 heteroatoms. The summed E-state index contributed by atoms with van der Waals surface area (Å²) in [5, 5.41) is 13.3. The van der Waals surface area contributed by atoms with Crippen LogP contribution in [0.2, 0.25) is 0 Å². The minimum Gasteiger partial charge on any atom is -0.507 e. The van der Waals surface area contributed by atoms with Crippen LogP contribution in [0.15, 0.2) is 66.7 Å². The van der Waals surface area contributed by atoms with Gasteiger partial charge in [-0.05, 0) is 107 Å². The molecule has 202 valence electrons. The van der Waals surface area contributed by atoms with Crippen LogP contribution in [-0.2, 0) is 5.41 Å². The summed E-state index contributed by atoms with van der Waals surface area (Å²) in [6, 6.07) is 23.8. The number of phenols is 1. The molecule has 39 heavy (non-hydrogen) atoms. The number of ether oxygens (including phenoxy) is 2. The lowest BCUT2D eigenvalue weighted by molar-refractivity contribution is 0.119. The second kappa shape index (κ2) is 9.93. The third-order valence-electron chi connectivity index (χ3n) is 9.77. The Hall–Kier alpha value is -3.46. The van der Waals surface area contributed by atoms with E-state index >= 15 is 0 Å². The van der Waals surface area contributed by atoms with Gasteiger partial charge >= 0.3 is 0 Å². The first-order valence-electron chi connectivity index (χ1n) is 14.6. The molecule has 0 amide bonds. The van der Waals surface area contributed by atoms with Gasteiger partial charge in [-0.15, -0.1) is 0 Å². The zero-order chi connectivity index (χ0) is 27.2. The smallest absolute Gasteiger partial charge is 0.161 e. The molecule has 1 spiro atoms. The highest BCUT2D eigenvalue weighted by atomic mass is 16.5. The van der Waals surface area contributed by atoms with Gasteiger partial charge in [0, 0.05) is 10.8 Å². The molecule has 1 N–H and O–H groups in total. The van der Waals surface area contributed by atoms with E-state index in [2.05, 4.69) is 74.5 Å². The van der Waals surface area contributed by atoms with Crippen molar-refractivity contribution in [3.8, 4) is 39.5 Å². The number of rotatable bonds is 7. The summed E-state index contributed by atoms with van der Waals surface area (Å²) in [6.45, 7) is 4.67. The molecule has 0 unspecified atom stereocenters. The van der Waals surface area contributed by atoms with Gasteiger partial charge in [-0.2, -0.15) is 0 Å². The van der Waals surface area contributed by atoms with E-state index in [1.54, 1.807) is 14.2 Å². The molecule has 3 nitrogen and oxygen atoms in total. The average molecular weight is 521 g/mol. The van der Waals surface area contributed by atoms with Crippen molar-refractivity contribution in [1.29, 1.82) is 0 Å². The van der Waals surface area contributed by atoms with E-state index in [9.17, 15) is 5.11 Å². The van der Waals surface area contributed by atoms with Crippen molar-refractivity contribution < 1.29 is 14.6 Å². The zero-order valence-corrected chi connectivity index (χ0v) is 23.8. The van der Waals surface area contributed by atoms with E-state index in [0.717, 1.165) is 23.6 Å². The average Bonchev–Trinajstić information content (AvgIpc) is 3.23. The lowest BCUT2D eigenvalue weighted by Crippen LogP contribution is -2.37. The van der Waals surface area contributed by atoms with Gasteiger partial charge in [-0.25, -0.2) is 0 Å². The molecule has 2 aliphatic carbocycles. The fourth-order valence-electron chi connectivity index (χ4n) is 7.94. The number of aromatic hydroxyl groups is 1. The Kier molecular flexibility index (Phi) is 6.57. The molecule has 4 aromatic rings. The molecular weight excluding hydrogens is 480 g/mol. The van der Waals surface area contributed by atoms with Gasteiger partial charge in [0.05, 0.1) is 14.2 Å². The molecule has 0 radical (unpaired) electrons. The zero-order valence-electron chi connectivity index (χ0n) is 23.8. The van der Waals surface area contributed by atoms with Gasteiger partial charge in [-0.3, -0.25) is 0 Å². The quantitative estimate of drug-likeness (QED) is 0.264. The van der Waals surface area contributed by atoms with Crippen molar-refractivity contribution in [1.82, 2.24) is 0 Å². The van der Waals surface area contributed by atoms with Crippen LogP contribution in [0.3, 0.4) is 0 Å². The van der Waals surface area contributed by atoms with Crippen molar-refractivity contribution in [2.24, 2.45) is 5.41 Å². The molecular formula is C36H40O3. The molecule has 0 heterocycles. The van der Waals surface area contributed by atoms with Gasteiger partial charge in [0.25, 0.3) is 0 Å². The molecule has 1 saturated carbocycles. The highest BCUT2D eigenvalue weighted by Gasteiger charge is 2.49. The Morgan fingerprint density at radius 2 is 1.33 bits per heavy atom. The van der Waals surface area contributed by atoms with E-state index in [4.69, 9.17) is 9.47 Å². The lowest BCUT2D eigenvalue weighted by Gasteiger charge is -2.46. The van der Waals surface area contributed by atoms with Gasteiger partial charge in [0.1, 0.15) is 5.75 Å². The Labute approximate surface area is 232 Å². The molecule has 0 saturated heterocycles. The van der Waals surface area contributed by atoms with Gasteiger partial charge in [0.2, 0.25) is 0 Å². The second-order valence-electron chi connectivity index (χ2n) is 11.8.